The number of hydrogen-bond acceptors (Lipinski definition) is 6. The van der Waals surface area contributed by atoms with E-state index in [1.54, 1.807) is 6.07 Å². The van der Waals surface area contributed by atoms with E-state index in [9.17, 15) is 0 Å². The maximum absolute atomic E-state index is 7.50. The molecule has 0 unspecified atom stereocenters. The van der Waals surface area contributed by atoms with Gasteiger partial charge in [0.25, 0.3) is 0 Å². The molecule has 110 valence electrons. The minimum Gasteiger partial charge on any atom is -0.382 e. The van der Waals surface area contributed by atoms with E-state index in [1.165, 1.54) is 18.2 Å². The van der Waals surface area contributed by atoms with Crippen LogP contribution in [-0.4, -0.2) is 30.6 Å². The lowest BCUT2D eigenvalue weighted by molar-refractivity contribution is 0.590. The predicted molar refractivity (Wildman–Crippen MR) is 79.5 cm³/mol. The van der Waals surface area contributed by atoms with Crippen LogP contribution in [0.1, 0.15) is 36.5 Å². The Balaban J connectivity index is 1.90. The number of aromatic nitrogens is 5. The Kier molecular flexibility index (Phi) is 3.87. The van der Waals surface area contributed by atoms with Crippen molar-refractivity contribution in [1.29, 1.82) is 5.41 Å². The van der Waals surface area contributed by atoms with Gasteiger partial charge in [-0.3, -0.25) is 5.41 Å². The Morgan fingerprint density at radius 3 is 2.95 bits per heavy atom. The monoisotopic (exact) mass is 303 g/mol. The summed E-state index contributed by atoms with van der Waals surface area (Å²) in [5, 5.41) is 17.4. The summed E-state index contributed by atoms with van der Waals surface area (Å²) in [6, 6.07) is 1.71. The topological polar surface area (TPSA) is 106 Å². The van der Waals surface area contributed by atoms with Crippen molar-refractivity contribution in [2.45, 2.75) is 49.5 Å². The standard InChI is InChI=1S/C13H17N7S/c1-8-7-9(11(14)15)17-12(16-8)21-13-19-18-10-5-3-2-4-6-20(10)13/h7H,2-6H2,1H3,(H3,14,15). The van der Waals surface area contributed by atoms with Crippen LogP contribution in [0.4, 0.5) is 0 Å². The summed E-state index contributed by atoms with van der Waals surface area (Å²) in [7, 11) is 0. The number of nitrogens with two attached hydrogens (primary N) is 1. The van der Waals surface area contributed by atoms with Gasteiger partial charge in [0.15, 0.2) is 10.3 Å². The molecule has 3 N–H and O–H groups in total. The lowest BCUT2D eigenvalue weighted by atomic mass is 10.2. The van der Waals surface area contributed by atoms with E-state index >= 15 is 0 Å². The van der Waals surface area contributed by atoms with E-state index in [0.717, 1.165) is 42.5 Å². The molecule has 0 saturated heterocycles. The molecule has 0 aromatic carbocycles. The first kappa shape index (κ1) is 14.0. The average molecular weight is 303 g/mol. The van der Waals surface area contributed by atoms with Crippen molar-refractivity contribution in [3.8, 4) is 0 Å². The number of amidine groups is 1. The second-order valence-electron chi connectivity index (χ2n) is 5.05. The Morgan fingerprint density at radius 2 is 2.14 bits per heavy atom. The van der Waals surface area contributed by atoms with Gasteiger partial charge in [-0.05, 0) is 37.6 Å². The predicted octanol–water partition coefficient (Wildman–Crippen LogP) is 1.54. The molecule has 3 heterocycles. The fourth-order valence-corrected chi connectivity index (χ4v) is 3.23. The molecule has 0 aliphatic carbocycles. The molecule has 2 aromatic heterocycles. The van der Waals surface area contributed by atoms with Crippen molar-refractivity contribution < 1.29 is 0 Å². The summed E-state index contributed by atoms with van der Waals surface area (Å²) in [5.74, 6) is 0.983. The van der Waals surface area contributed by atoms with Crippen molar-refractivity contribution in [1.82, 2.24) is 24.7 Å². The molecular weight excluding hydrogens is 286 g/mol. The first-order chi connectivity index (χ1) is 10.1. The van der Waals surface area contributed by atoms with Crippen LogP contribution in [0.15, 0.2) is 16.4 Å². The fourth-order valence-electron chi connectivity index (χ4n) is 2.34. The second kappa shape index (κ2) is 5.80. The smallest absolute Gasteiger partial charge is 0.199 e. The van der Waals surface area contributed by atoms with Gasteiger partial charge in [0, 0.05) is 18.7 Å². The Hall–Kier alpha value is -1.96. The molecule has 0 saturated carbocycles. The largest absolute Gasteiger partial charge is 0.382 e. The third-order valence-corrected chi connectivity index (χ3v) is 4.22. The molecule has 8 heteroatoms. The highest BCUT2D eigenvalue weighted by atomic mass is 32.2. The summed E-state index contributed by atoms with van der Waals surface area (Å²) < 4.78 is 2.15. The number of nitrogens with one attached hydrogen (secondary N) is 1. The van der Waals surface area contributed by atoms with Crippen molar-refractivity contribution in [2.24, 2.45) is 5.73 Å². The first-order valence-corrected chi connectivity index (χ1v) is 7.75. The van der Waals surface area contributed by atoms with E-state index in [2.05, 4.69) is 24.7 Å². The fraction of sp³-hybridized carbons (Fsp3) is 0.462. The second-order valence-corrected chi connectivity index (χ2v) is 5.99. The van der Waals surface area contributed by atoms with Crippen LogP contribution in [-0.2, 0) is 13.0 Å². The van der Waals surface area contributed by atoms with Gasteiger partial charge in [0.2, 0.25) is 0 Å². The quantitative estimate of drug-likeness (QED) is 0.506. The normalized spacial score (nSPS) is 14.5. The van der Waals surface area contributed by atoms with Crippen molar-refractivity contribution in [3.05, 3.63) is 23.3 Å². The van der Waals surface area contributed by atoms with Gasteiger partial charge in [-0.25, -0.2) is 9.97 Å². The number of fused-ring (bicyclic) bond motifs is 1. The summed E-state index contributed by atoms with van der Waals surface area (Å²) in [6.07, 6.45) is 4.51. The number of hydrogen-bond donors (Lipinski definition) is 2. The van der Waals surface area contributed by atoms with Crippen molar-refractivity contribution in [3.63, 3.8) is 0 Å². The highest BCUT2D eigenvalue weighted by Crippen LogP contribution is 2.26. The molecule has 0 atom stereocenters. The highest BCUT2D eigenvalue weighted by Gasteiger charge is 2.17. The zero-order chi connectivity index (χ0) is 14.8. The molecule has 7 nitrogen and oxygen atoms in total. The number of rotatable bonds is 3. The molecule has 3 rings (SSSR count). The summed E-state index contributed by atoms with van der Waals surface area (Å²) in [4.78, 5) is 8.68. The van der Waals surface area contributed by atoms with Crippen LogP contribution in [0.2, 0.25) is 0 Å². The molecule has 1 aliphatic heterocycles. The van der Waals surface area contributed by atoms with Gasteiger partial charge in [0.05, 0.1) is 0 Å². The van der Waals surface area contributed by atoms with Gasteiger partial charge < -0.3 is 10.3 Å². The maximum Gasteiger partial charge on any atom is 0.199 e. The first-order valence-electron chi connectivity index (χ1n) is 6.93. The minimum atomic E-state index is -0.0533. The summed E-state index contributed by atoms with van der Waals surface area (Å²) in [5.41, 5.74) is 6.74. The third kappa shape index (κ3) is 3.05. The molecule has 1 aliphatic rings. The van der Waals surface area contributed by atoms with Crippen LogP contribution in [0.25, 0.3) is 0 Å². The maximum atomic E-state index is 7.50. The molecule has 0 amide bonds. The molecular formula is C13H17N7S. The van der Waals surface area contributed by atoms with Gasteiger partial charge >= 0.3 is 0 Å². The van der Waals surface area contributed by atoms with E-state index < -0.39 is 0 Å². The Bertz CT molecular complexity index is 679. The van der Waals surface area contributed by atoms with Crippen LogP contribution < -0.4 is 5.73 Å². The third-order valence-electron chi connectivity index (χ3n) is 3.37. The lowest BCUT2D eigenvalue weighted by Gasteiger charge is -2.07. The molecule has 21 heavy (non-hydrogen) atoms. The van der Waals surface area contributed by atoms with Gasteiger partial charge in [0.1, 0.15) is 17.4 Å². The zero-order valence-corrected chi connectivity index (χ0v) is 12.7. The zero-order valence-electron chi connectivity index (χ0n) is 11.8. The van der Waals surface area contributed by atoms with Crippen molar-refractivity contribution in [2.75, 3.05) is 0 Å². The van der Waals surface area contributed by atoms with Crippen LogP contribution >= 0.6 is 11.8 Å². The average Bonchev–Trinajstić information content (AvgIpc) is 2.68. The summed E-state index contributed by atoms with van der Waals surface area (Å²) >= 11 is 1.38. The SMILES string of the molecule is Cc1cc(C(=N)N)nc(Sc2nnc3n2CCCCC3)n1. The van der Waals surface area contributed by atoms with Gasteiger partial charge in [-0.2, -0.15) is 0 Å². The van der Waals surface area contributed by atoms with Crippen LogP contribution in [0.3, 0.4) is 0 Å². The van der Waals surface area contributed by atoms with E-state index in [4.69, 9.17) is 11.1 Å². The summed E-state index contributed by atoms with van der Waals surface area (Å²) in [6.45, 7) is 2.80. The Morgan fingerprint density at radius 1 is 1.29 bits per heavy atom. The molecule has 0 bridgehead atoms. The lowest BCUT2D eigenvalue weighted by Crippen LogP contribution is -2.14. The highest BCUT2D eigenvalue weighted by molar-refractivity contribution is 7.99. The van der Waals surface area contributed by atoms with E-state index in [0.29, 0.717) is 10.9 Å². The number of nitrogen functional groups attached to an aromatic ring is 1. The van der Waals surface area contributed by atoms with Crippen LogP contribution in [0.5, 0.6) is 0 Å². The van der Waals surface area contributed by atoms with Crippen LogP contribution in [0, 0.1) is 12.3 Å². The van der Waals surface area contributed by atoms with E-state index in [1.807, 2.05) is 6.92 Å². The number of nitrogens with zero attached hydrogens (tertiary/aromatic N) is 5. The van der Waals surface area contributed by atoms with Crippen molar-refractivity contribution >= 4 is 17.6 Å². The van der Waals surface area contributed by atoms with Gasteiger partial charge in [-0.1, -0.05) is 6.42 Å². The minimum absolute atomic E-state index is 0.0533. The van der Waals surface area contributed by atoms with E-state index in [-0.39, 0.29) is 5.84 Å². The molecule has 2 aromatic rings. The Labute approximate surface area is 126 Å². The molecule has 0 radical (unpaired) electrons. The van der Waals surface area contributed by atoms with Gasteiger partial charge in [-0.15, -0.1) is 10.2 Å². The molecule has 0 spiro atoms. The number of aryl methyl sites for hydroxylation is 2. The molecule has 0 fully saturated rings.